The molecule has 1 rings (SSSR count). The van der Waals surface area contributed by atoms with E-state index in [-0.39, 0.29) is 11.5 Å². The summed E-state index contributed by atoms with van der Waals surface area (Å²) in [6.07, 6.45) is 0. The smallest absolute Gasteiger partial charge is 0.409 e. The van der Waals surface area contributed by atoms with Crippen molar-refractivity contribution in [1.82, 2.24) is 0 Å². The first-order valence-corrected chi connectivity index (χ1v) is 3.75. The molecule has 0 heterocycles. The lowest BCUT2D eigenvalue weighted by Gasteiger charge is -2.00. The monoisotopic (exact) mass is 217 g/mol. The molecule has 0 bridgehead atoms. The predicted molar refractivity (Wildman–Crippen MR) is 45.9 cm³/mol. The molecule has 0 N–H and O–H groups in total. The van der Waals surface area contributed by atoms with Crippen molar-refractivity contribution in [3.8, 4) is 11.5 Å². The highest BCUT2D eigenvalue weighted by atomic mass is 35.5. The van der Waals surface area contributed by atoms with E-state index in [0.29, 0.717) is 0 Å². The average molecular weight is 218 g/mol. The molecule has 0 aliphatic rings. The lowest BCUT2D eigenvalue weighted by Crippen LogP contribution is -2.03. The first-order valence-electron chi connectivity index (χ1n) is 3.37. The molecule has 6 nitrogen and oxygen atoms in total. The number of nitrogens with zero attached hydrogens (tertiary/aromatic N) is 1. The molecule has 0 saturated heterocycles. The van der Waals surface area contributed by atoms with Crippen molar-refractivity contribution >= 4 is 17.0 Å². The quantitative estimate of drug-likeness (QED) is 0.439. The number of hydrogen-bond acceptors (Lipinski definition) is 5. The van der Waals surface area contributed by atoms with Crippen molar-refractivity contribution in [2.24, 2.45) is 0 Å². The summed E-state index contributed by atoms with van der Waals surface area (Å²) in [6, 6.07) is 5.19. The zero-order valence-electron chi connectivity index (χ0n) is 6.68. The highest BCUT2D eigenvalue weighted by molar-refractivity contribution is 6.61. The van der Waals surface area contributed by atoms with E-state index in [1.807, 2.05) is 0 Å². The maximum Gasteiger partial charge on any atom is 0.409 e. The number of ether oxygens (including phenoxy) is 1. The summed E-state index contributed by atoms with van der Waals surface area (Å²) in [5, 5.41) is 8.97. The van der Waals surface area contributed by atoms with E-state index >= 15 is 0 Å². The fourth-order valence-electron chi connectivity index (χ4n) is 0.747. The number of rotatable bonds is 3. The molecule has 1 aromatic rings. The van der Waals surface area contributed by atoms with Gasteiger partial charge in [-0.15, -0.1) is 10.1 Å². The van der Waals surface area contributed by atoms with Crippen molar-refractivity contribution < 1.29 is 19.5 Å². The van der Waals surface area contributed by atoms with E-state index in [1.165, 1.54) is 24.3 Å². The summed E-state index contributed by atoms with van der Waals surface area (Å²) in [4.78, 5) is 24.3. The molecule has 0 aromatic heterocycles. The van der Waals surface area contributed by atoms with Gasteiger partial charge in [-0.05, 0) is 24.3 Å². The molecule has 74 valence electrons. The Kier molecular flexibility index (Phi) is 3.24. The molecular formula is C7H4ClNO5. The Balaban J connectivity index is 2.68. The first-order chi connectivity index (χ1) is 6.58. The fraction of sp³-hybridized carbons (Fsp3) is 0. The Hall–Kier alpha value is -1.82. The summed E-state index contributed by atoms with van der Waals surface area (Å²) in [5.74, 6) is 0.213. The second-order valence-corrected chi connectivity index (χ2v) is 2.43. The molecule has 1 aromatic carbocycles. The third-order valence-corrected chi connectivity index (χ3v) is 1.28. The number of halogens is 1. The zero-order valence-corrected chi connectivity index (χ0v) is 7.43. The zero-order chi connectivity index (χ0) is 10.6. The number of benzene rings is 1. The third kappa shape index (κ3) is 3.28. The second kappa shape index (κ2) is 4.43. The van der Waals surface area contributed by atoms with Crippen LogP contribution in [0.25, 0.3) is 0 Å². The van der Waals surface area contributed by atoms with Crippen molar-refractivity contribution in [2.45, 2.75) is 0 Å². The van der Waals surface area contributed by atoms with Gasteiger partial charge in [0.25, 0.3) is 5.09 Å². The minimum absolute atomic E-state index is 0.0318. The Bertz CT molecular complexity index is 315. The van der Waals surface area contributed by atoms with Crippen LogP contribution >= 0.6 is 11.6 Å². The lowest BCUT2D eigenvalue weighted by atomic mass is 10.3. The van der Waals surface area contributed by atoms with E-state index in [9.17, 15) is 14.9 Å². The van der Waals surface area contributed by atoms with Gasteiger partial charge in [-0.1, -0.05) is 0 Å². The van der Waals surface area contributed by atoms with Crippen LogP contribution < -0.4 is 9.57 Å². The molecule has 0 atom stereocenters. The third-order valence-electron chi connectivity index (χ3n) is 1.20. The summed E-state index contributed by atoms with van der Waals surface area (Å²) in [5.41, 5.74) is -0.979. The van der Waals surface area contributed by atoms with Crippen molar-refractivity contribution in [3.63, 3.8) is 0 Å². The van der Waals surface area contributed by atoms with Crippen LogP contribution in [0, 0.1) is 10.1 Å². The minimum atomic E-state index is -0.979. The van der Waals surface area contributed by atoms with E-state index in [1.54, 1.807) is 0 Å². The normalized spacial score (nSPS) is 9.21. The highest BCUT2D eigenvalue weighted by Crippen LogP contribution is 2.18. The molecule has 0 saturated carbocycles. The van der Waals surface area contributed by atoms with E-state index in [0.717, 1.165) is 0 Å². The van der Waals surface area contributed by atoms with E-state index in [2.05, 4.69) is 9.57 Å². The van der Waals surface area contributed by atoms with Gasteiger partial charge in [0.1, 0.15) is 11.5 Å². The maximum absolute atomic E-state index is 10.3. The highest BCUT2D eigenvalue weighted by Gasteiger charge is 2.02. The molecule has 14 heavy (non-hydrogen) atoms. The van der Waals surface area contributed by atoms with E-state index < -0.39 is 10.5 Å². The standard InChI is InChI=1S/C7H4ClNO5/c8-7(10)13-5-1-3-6(4-2-5)14-9(11)12/h1-4H. The van der Waals surface area contributed by atoms with Crippen LogP contribution in [0.3, 0.4) is 0 Å². The van der Waals surface area contributed by atoms with Crippen LogP contribution in [0.15, 0.2) is 24.3 Å². The molecule has 0 radical (unpaired) electrons. The predicted octanol–water partition coefficient (Wildman–Crippen LogP) is 1.99. The minimum Gasteiger partial charge on any atom is -0.415 e. The summed E-state index contributed by atoms with van der Waals surface area (Å²) in [7, 11) is 0. The van der Waals surface area contributed by atoms with Gasteiger partial charge in [-0.3, -0.25) is 4.84 Å². The molecule has 0 aliphatic carbocycles. The van der Waals surface area contributed by atoms with Gasteiger partial charge in [0.05, 0.1) is 0 Å². The van der Waals surface area contributed by atoms with Crippen LogP contribution in [0.4, 0.5) is 4.79 Å². The van der Waals surface area contributed by atoms with Gasteiger partial charge in [-0.2, -0.15) is 0 Å². The second-order valence-electron chi connectivity index (χ2n) is 2.13. The number of hydrogen-bond donors (Lipinski definition) is 0. The first kappa shape index (κ1) is 10.3. The average Bonchev–Trinajstić information content (AvgIpc) is 2.06. The summed E-state index contributed by atoms with van der Waals surface area (Å²) < 4.78 is 4.48. The Morgan fingerprint density at radius 1 is 1.29 bits per heavy atom. The topological polar surface area (TPSA) is 78.7 Å². The summed E-state index contributed by atoms with van der Waals surface area (Å²) in [6.45, 7) is 0. The van der Waals surface area contributed by atoms with Crippen molar-refractivity contribution in [3.05, 3.63) is 34.4 Å². The molecule has 0 fully saturated rings. The molecular weight excluding hydrogens is 214 g/mol. The fourth-order valence-corrected chi connectivity index (χ4v) is 0.836. The molecule has 0 spiro atoms. The summed E-state index contributed by atoms with van der Waals surface area (Å²) >= 11 is 4.94. The van der Waals surface area contributed by atoms with Gasteiger partial charge in [0.2, 0.25) is 0 Å². The largest absolute Gasteiger partial charge is 0.415 e. The van der Waals surface area contributed by atoms with Gasteiger partial charge in [0, 0.05) is 11.6 Å². The van der Waals surface area contributed by atoms with Crippen LogP contribution in [-0.4, -0.2) is 10.5 Å². The molecule has 0 amide bonds. The van der Waals surface area contributed by atoms with E-state index in [4.69, 9.17) is 11.6 Å². The Morgan fingerprint density at radius 2 is 1.79 bits per heavy atom. The van der Waals surface area contributed by atoms with Gasteiger partial charge < -0.3 is 4.74 Å². The van der Waals surface area contributed by atoms with Gasteiger partial charge in [-0.25, -0.2) is 4.79 Å². The Morgan fingerprint density at radius 3 is 2.21 bits per heavy atom. The molecule has 0 aliphatic heterocycles. The van der Waals surface area contributed by atoms with Crippen LogP contribution in [-0.2, 0) is 0 Å². The lowest BCUT2D eigenvalue weighted by molar-refractivity contribution is -0.711. The number of carbonyl (C=O) groups is 1. The van der Waals surface area contributed by atoms with Crippen LogP contribution in [0.5, 0.6) is 11.5 Å². The SMILES string of the molecule is O=C(Cl)Oc1ccc(O[N+](=O)[O-])cc1. The van der Waals surface area contributed by atoms with Crippen molar-refractivity contribution in [1.29, 1.82) is 0 Å². The Labute approximate surface area is 83.1 Å². The van der Waals surface area contributed by atoms with Crippen LogP contribution in [0.2, 0.25) is 0 Å². The maximum atomic E-state index is 10.3. The molecule has 0 unspecified atom stereocenters. The van der Waals surface area contributed by atoms with Gasteiger partial charge in [0.15, 0.2) is 0 Å². The van der Waals surface area contributed by atoms with Crippen molar-refractivity contribution in [2.75, 3.05) is 0 Å². The number of carbonyl (C=O) groups excluding carboxylic acids is 1. The van der Waals surface area contributed by atoms with Gasteiger partial charge >= 0.3 is 5.43 Å². The molecule has 7 heteroatoms. The van der Waals surface area contributed by atoms with Crippen LogP contribution in [0.1, 0.15) is 0 Å².